The molecule has 0 fully saturated rings. The van der Waals surface area contributed by atoms with Crippen LogP contribution in [0, 0.1) is 0 Å². The van der Waals surface area contributed by atoms with Crippen LogP contribution in [0.1, 0.15) is 26.7 Å². The zero-order valence-electron chi connectivity index (χ0n) is 5.58. The van der Waals surface area contributed by atoms with E-state index in [4.69, 9.17) is 0 Å². The van der Waals surface area contributed by atoms with Crippen LogP contribution in [0.4, 0.5) is 0 Å². The summed E-state index contributed by atoms with van der Waals surface area (Å²) in [6.45, 7) is 4.35. The summed E-state index contributed by atoms with van der Waals surface area (Å²) in [6, 6.07) is 0. The number of hydrogen-bond acceptors (Lipinski definition) is 0. The predicted molar refractivity (Wildman–Crippen MR) is 42.5 cm³/mol. The molecule has 0 atom stereocenters. The van der Waals surface area contributed by atoms with Gasteiger partial charge in [-0.2, -0.15) is 0 Å². The Balaban J connectivity index is 3.49. The zero-order chi connectivity index (χ0) is 6.41. The van der Waals surface area contributed by atoms with Crippen molar-refractivity contribution in [3.8, 4) is 0 Å². The van der Waals surface area contributed by atoms with Gasteiger partial charge in [0.1, 0.15) is 0 Å². The molecule has 1 heteroatoms. The summed E-state index contributed by atoms with van der Waals surface area (Å²) in [7, 11) is 0. The van der Waals surface area contributed by atoms with Crippen molar-refractivity contribution in [3.63, 3.8) is 0 Å². The third-order valence-corrected chi connectivity index (χ3v) is 1.84. The number of allylic oxidation sites excluding steroid dienone is 2. The van der Waals surface area contributed by atoms with Crippen molar-refractivity contribution < 1.29 is 0 Å². The summed E-state index contributed by atoms with van der Waals surface area (Å²) in [5.74, 6) is 0. The number of rotatable bonds is 3. The van der Waals surface area contributed by atoms with Crippen LogP contribution in [0.3, 0.4) is 0 Å². The fourth-order valence-electron chi connectivity index (χ4n) is 0.582. The highest BCUT2D eigenvalue weighted by molar-refractivity contribution is 9.09. The largest absolute Gasteiger partial charge is 0.0880 e. The van der Waals surface area contributed by atoms with Gasteiger partial charge in [0, 0.05) is 5.33 Å². The van der Waals surface area contributed by atoms with Crippen LogP contribution in [0.2, 0.25) is 0 Å². The molecule has 0 bridgehead atoms. The van der Waals surface area contributed by atoms with Gasteiger partial charge in [0.05, 0.1) is 0 Å². The molecule has 0 aromatic heterocycles. The van der Waals surface area contributed by atoms with Gasteiger partial charge in [0.15, 0.2) is 0 Å². The first-order valence-corrected chi connectivity index (χ1v) is 4.21. The van der Waals surface area contributed by atoms with Crippen molar-refractivity contribution in [1.29, 1.82) is 0 Å². The smallest absolute Gasteiger partial charge is 0.0241 e. The van der Waals surface area contributed by atoms with Crippen molar-refractivity contribution in [2.75, 3.05) is 5.33 Å². The van der Waals surface area contributed by atoms with E-state index in [1.54, 1.807) is 0 Å². The van der Waals surface area contributed by atoms with E-state index < -0.39 is 0 Å². The van der Waals surface area contributed by atoms with Crippen molar-refractivity contribution >= 4 is 15.9 Å². The van der Waals surface area contributed by atoms with Crippen LogP contribution in [0.5, 0.6) is 0 Å². The molecule has 0 spiro atoms. The number of hydrogen-bond donors (Lipinski definition) is 0. The Kier molecular flexibility index (Phi) is 5.51. The molecule has 0 aliphatic heterocycles. The van der Waals surface area contributed by atoms with E-state index in [1.165, 1.54) is 12.0 Å². The molecule has 8 heavy (non-hydrogen) atoms. The summed E-state index contributed by atoms with van der Waals surface area (Å²) in [6.07, 6.45) is 4.61. The van der Waals surface area contributed by atoms with Crippen LogP contribution in [0.15, 0.2) is 11.6 Å². The first kappa shape index (κ1) is 8.22. The summed E-state index contributed by atoms with van der Waals surface area (Å²) in [5.41, 5.74) is 1.51. The molecule has 0 aromatic carbocycles. The van der Waals surface area contributed by atoms with Crippen LogP contribution >= 0.6 is 15.9 Å². The van der Waals surface area contributed by atoms with Crippen molar-refractivity contribution in [2.24, 2.45) is 0 Å². The predicted octanol–water partition coefficient (Wildman–Crippen LogP) is 3.13. The van der Waals surface area contributed by atoms with Crippen molar-refractivity contribution in [3.05, 3.63) is 11.6 Å². The second-order valence-electron chi connectivity index (χ2n) is 1.76. The summed E-state index contributed by atoms with van der Waals surface area (Å²) < 4.78 is 0. The molecule has 0 rings (SSSR count). The van der Waals surface area contributed by atoms with Gasteiger partial charge >= 0.3 is 0 Å². The Morgan fingerprint density at radius 2 is 2.12 bits per heavy atom. The van der Waals surface area contributed by atoms with Gasteiger partial charge in [-0.1, -0.05) is 41.4 Å². The third kappa shape index (κ3) is 3.25. The van der Waals surface area contributed by atoms with Gasteiger partial charge < -0.3 is 0 Å². The lowest BCUT2D eigenvalue weighted by atomic mass is 10.2. The van der Waals surface area contributed by atoms with Gasteiger partial charge in [0.2, 0.25) is 0 Å². The van der Waals surface area contributed by atoms with Gasteiger partial charge in [-0.25, -0.2) is 0 Å². The number of alkyl halides is 1. The summed E-state index contributed by atoms with van der Waals surface area (Å²) >= 11 is 3.41. The molecule has 0 unspecified atom stereocenters. The van der Waals surface area contributed by atoms with E-state index in [0.29, 0.717) is 0 Å². The van der Waals surface area contributed by atoms with Gasteiger partial charge in [0.25, 0.3) is 0 Å². The normalized spacial score (nSPS) is 12.1. The van der Waals surface area contributed by atoms with E-state index >= 15 is 0 Å². The van der Waals surface area contributed by atoms with Crippen LogP contribution < -0.4 is 0 Å². The lowest BCUT2D eigenvalue weighted by Gasteiger charge is -1.94. The Hall–Kier alpha value is 0.220. The average Bonchev–Trinajstić information content (AvgIpc) is 1.83. The maximum absolute atomic E-state index is 3.41. The molecular formula is C7H13Br. The molecule has 0 radical (unpaired) electrons. The molecule has 0 heterocycles. The quantitative estimate of drug-likeness (QED) is 0.459. The molecule has 0 aliphatic carbocycles. The Labute approximate surface area is 60.1 Å². The highest BCUT2D eigenvalue weighted by Crippen LogP contribution is 2.04. The highest BCUT2D eigenvalue weighted by Gasteiger charge is 1.85. The fourth-order valence-corrected chi connectivity index (χ4v) is 1.21. The van der Waals surface area contributed by atoms with E-state index in [1.807, 2.05) is 0 Å². The molecule has 0 nitrogen and oxygen atoms in total. The van der Waals surface area contributed by atoms with Crippen molar-refractivity contribution in [2.45, 2.75) is 26.7 Å². The van der Waals surface area contributed by atoms with Crippen LogP contribution in [-0.2, 0) is 0 Å². The maximum atomic E-state index is 3.41. The molecular weight excluding hydrogens is 164 g/mol. The number of halogens is 1. The standard InChI is InChI=1S/C7H13Br/c1-3-5-7(4-2)6-8/h5H,3-4,6H2,1-2H3/b7-5+. The maximum Gasteiger partial charge on any atom is 0.0241 e. The van der Waals surface area contributed by atoms with Crippen molar-refractivity contribution in [1.82, 2.24) is 0 Å². The first-order chi connectivity index (χ1) is 3.85. The molecule has 0 aliphatic rings. The Morgan fingerprint density at radius 1 is 1.50 bits per heavy atom. The molecule has 0 N–H and O–H groups in total. The Morgan fingerprint density at radius 3 is 2.25 bits per heavy atom. The van der Waals surface area contributed by atoms with Gasteiger partial charge in [-0.05, 0) is 12.8 Å². The lowest BCUT2D eigenvalue weighted by molar-refractivity contribution is 1.07. The Bertz CT molecular complexity index is 68.5. The molecule has 0 saturated heterocycles. The molecule has 0 saturated carbocycles. The summed E-state index contributed by atoms with van der Waals surface area (Å²) in [5, 5.41) is 1.04. The molecule has 48 valence electrons. The molecule has 0 amide bonds. The second-order valence-corrected chi connectivity index (χ2v) is 2.32. The minimum Gasteiger partial charge on any atom is -0.0880 e. The zero-order valence-corrected chi connectivity index (χ0v) is 7.16. The minimum atomic E-state index is 1.04. The van der Waals surface area contributed by atoms with E-state index in [2.05, 4.69) is 35.9 Å². The van der Waals surface area contributed by atoms with E-state index in [0.717, 1.165) is 11.8 Å². The highest BCUT2D eigenvalue weighted by atomic mass is 79.9. The van der Waals surface area contributed by atoms with Crippen LogP contribution in [0.25, 0.3) is 0 Å². The topological polar surface area (TPSA) is 0 Å². The van der Waals surface area contributed by atoms with Crippen LogP contribution in [-0.4, -0.2) is 5.33 Å². The third-order valence-electron chi connectivity index (χ3n) is 1.12. The van der Waals surface area contributed by atoms with Gasteiger partial charge in [-0.15, -0.1) is 0 Å². The fraction of sp³-hybridized carbons (Fsp3) is 0.714. The van der Waals surface area contributed by atoms with E-state index in [9.17, 15) is 0 Å². The minimum absolute atomic E-state index is 1.04. The summed E-state index contributed by atoms with van der Waals surface area (Å²) in [4.78, 5) is 0. The molecule has 0 aromatic rings. The lowest BCUT2D eigenvalue weighted by Crippen LogP contribution is -1.79. The average molecular weight is 177 g/mol. The SMILES string of the molecule is CC/C=C(\CC)CBr. The van der Waals surface area contributed by atoms with Gasteiger partial charge in [-0.3, -0.25) is 0 Å². The monoisotopic (exact) mass is 176 g/mol. The van der Waals surface area contributed by atoms with E-state index in [-0.39, 0.29) is 0 Å². The first-order valence-electron chi connectivity index (χ1n) is 3.09. The second kappa shape index (κ2) is 5.36.